The molecule has 20 heavy (non-hydrogen) atoms. The average molecular weight is 282 g/mol. The fourth-order valence-corrected chi connectivity index (χ4v) is 1.55. The minimum absolute atomic E-state index is 0.0512. The molecule has 0 atom stereocenters. The van der Waals surface area contributed by atoms with Crippen molar-refractivity contribution in [1.29, 1.82) is 0 Å². The number of aliphatic hydroxyl groups is 1. The van der Waals surface area contributed by atoms with Crippen LogP contribution in [-0.4, -0.2) is 46.8 Å². The molecule has 0 heterocycles. The Labute approximate surface area is 115 Å². The fraction of sp³-hybridized carbons (Fsp3) is 0.231. The molecule has 1 aromatic rings. The molecule has 0 saturated carbocycles. The van der Waals surface area contributed by atoms with Crippen LogP contribution in [0.4, 0.5) is 14.9 Å². The van der Waals surface area contributed by atoms with E-state index in [0.717, 1.165) is 18.2 Å². The van der Waals surface area contributed by atoms with Gasteiger partial charge in [-0.05, 0) is 18.2 Å². The number of anilines is 1. The fourth-order valence-electron chi connectivity index (χ4n) is 1.55. The molecule has 0 fully saturated rings. The number of aromatic carboxylic acids is 1. The number of nitrogens with zero attached hydrogens (tertiary/aromatic N) is 1. The van der Waals surface area contributed by atoms with Crippen molar-refractivity contribution in [2.75, 3.05) is 25.0 Å². The quantitative estimate of drug-likeness (QED) is 0.690. The molecule has 108 valence electrons. The van der Waals surface area contributed by atoms with Gasteiger partial charge in [-0.2, -0.15) is 0 Å². The summed E-state index contributed by atoms with van der Waals surface area (Å²) in [5.74, 6) is -1.94. The van der Waals surface area contributed by atoms with E-state index in [1.54, 1.807) is 0 Å². The summed E-state index contributed by atoms with van der Waals surface area (Å²) in [4.78, 5) is 24.1. The molecule has 0 bridgehead atoms. The van der Waals surface area contributed by atoms with E-state index in [4.69, 9.17) is 10.2 Å². The zero-order chi connectivity index (χ0) is 15.1. The van der Waals surface area contributed by atoms with Gasteiger partial charge in [0, 0.05) is 13.1 Å². The summed E-state index contributed by atoms with van der Waals surface area (Å²) < 4.78 is 13.1. The number of benzene rings is 1. The van der Waals surface area contributed by atoms with E-state index < -0.39 is 17.8 Å². The van der Waals surface area contributed by atoms with Gasteiger partial charge in [-0.3, -0.25) is 0 Å². The summed E-state index contributed by atoms with van der Waals surface area (Å²) in [5, 5.41) is 20.1. The summed E-state index contributed by atoms with van der Waals surface area (Å²) in [6, 6.07) is 2.34. The van der Waals surface area contributed by atoms with Gasteiger partial charge in [0.1, 0.15) is 5.82 Å². The standard InChI is InChI=1S/C13H15FN2O4/c1-2-5-16(6-7-17)13(20)15-11-8-9(14)3-4-10(11)12(18)19/h2-4,8,17H,1,5-7H2,(H,15,20)(H,18,19). The molecule has 0 aliphatic carbocycles. The number of carboxylic acid groups (broad SMARTS) is 1. The Bertz CT molecular complexity index is 519. The molecule has 7 heteroatoms. The zero-order valence-electron chi connectivity index (χ0n) is 10.7. The number of amides is 2. The Morgan fingerprint density at radius 1 is 1.45 bits per heavy atom. The lowest BCUT2D eigenvalue weighted by molar-refractivity contribution is 0.0698. The molecule has 0 saturated heterocycles. The van der Waals surface area contributed by atoms with E-state index in [0.29, 0.717) is 0 Å². The largest absolute Gasteiger partial charge is 0.478 e. The molecule has 0 radical (unpaired) electrons. The topological polar surface area (TPSA) is 89.9 Å². The lowest BCUT2D eigenvalue weighted by Gasteiger charge is -2.21. The minimum atomic E-state index is -1.28. The number of halogens is 1. The predicted molar refractivity (Wildman–Crippen MR) is 71.2 cm³/mol. The number of rotatable bonds is 6. The SMILES string of the molecule is C=CCN(CCO)C(=O)Nc1cc(F)ccc1C(=O)O. The van der Waals surface area contributed by atoms with Gasteiger partial charge in [0.25, 0.3) is 0 Å². The molecule has 1 rings (SSSR count). The minimum Gasteiger partial charge on any atom is -0.478 e. The summed E-state index contributed by atoms with van der Waals surface area (Å²) in [7, 11) is 0. The van der Waals surface area contributed by atoms with Crippen LogP contribution in [0.3, 0.4) is 0 Å². The number of carbonyl (C=O) groups is 2. The first-order valence-electron chi connectivity index (χ1n) is 5.80. The normalized spacial score (nSPS) is 9.90. The Kier molecular flexibility index (Phi) is 5.67. The molecule has 0 aliphatic rings. The molecule has 6 nitrogen and oxygen atoms in total. The van der Waals surface area contributed by atoms with Gasteiger partial charge in [-0.25, -0.2) is 14.0 Å². The van der Waals surface area contributed by atoms with E-state index >= 15 is 0 Å². The van der Waals surface area contributed by atoms with Crippen molar-refractivity contribution in [3.63, 3.8) is 0 Å². The monoisotopic (exact) mass is 282 g/mol. The summed E-state index contributed by atoms with van der Waals surface area (Å²) >= 11 is 0. The third-order valence-corrected chi connectivity index (χ3v) is 2.46. The smallest absolute Gasteiger partial charge is 0.337 e. The van der Waals surface area contributed by atoms with Gasteiger partial charge in [0.15, 0.2) is 0 Å². The number of hydrogen-bond donors (Lipinski definition) is 3. The van der Waals surface area contributed by atoms with E-state index in [-0.39, 0.29) is 30.9 Å². The van der Waals surface area contributed by atoms with E-state index in [9.17, 15) is 14.0 Å². The van der Waals surface area contributed by atoms with Gasteiger partial charge in [0.2, 0.25) is 0 Å². The van der Waals surface area contributed by atoms with Crippen LogP contribution in [0, 0.1) is 5.82 Å². The molecule has 3 N–H and O–H groups in total. The molecular formula is C13H15FN2O4. The van der Waals surface area contributed by atoms with Gasteiger partial charge in [0.05, 0.1) is 17.9 Å². The summed E-state index contributed by atoms with van der Waals surface area (Å²) in [6.45, 7) is 3.44. The second kappa shape index (κ2) is 7.25. The van der Waals surface area contributed by atoms with Gasteiger partial charge in [-0.1, -0.05) is 6.08 Å². The molecule has 2 amide bonds. The van der Waals surface area contributed by atoms with E-state index in [1.807, 2.05) is 0 Å². The molecule has 0 aliphatic heterocycles. The van der Waals surface area contributed by atoms with Crippen molar-refractivity contribution in [2.24, 2.45) is 0 Å². The number of aliphatic hydroxyl groups excluding tert-OH is 1. The number of carboxylic acids is 1. The van der Waals surface area contributed by atoms with E-state index in [2.05, 4.69) is 11.9 Å². The Morgan fingerprint density at radius 3 is 2.70 bits per heavy atom. The summed E-state index contributed by atoms with van der Waals surface area (Å²) in [5.41, 5.74) is -0.364. The van der Waals surface area contributed by atoms with Crippen molar-refractivity contribution in [3.8, 4) is 0 Å². The number of urea groups is 1. The van der Waals surface area contributed by atoms with E-state index in [1.165, 1.54) is 11.0 Å². The van der Waals surface area contributed by atoms with Crippen LogP contribution in [0.1, 0.15) is 10.4 Å². The zero-order valence-corrected chi connectivity index (χ0v) is 10.7. The highest BCUT2D eigenvalue weighted by Gasteiger charge is 2.16. The number of hydrogen-bond acceptors (Lipinski definition) is 3. The second-order valence-corrected chi connectivity index (χ2v) is 3.88. The van der Waals surface area contributed by atoms with Gasteiger partial charge in [-0.15, -0.1) is 6.58 Å². The lowest BCUT2D eigenvalue weighted by Crippen LogP contribution is -2.37. The Morgan fingerprint density at radius 2 is 2.15 bits per heavy atom. The highest BCUT2D eigenvalue weighted by atomic mass is 19.1. The third-order valence-electron chi connectivity index (χ3n) is 2.46. The highest BCUT2D eigenvalue weighted by Crippen LogP contribution is 2.17. The average Bonchev–Trinajstić information content (AvgIpc) is 2.38. The van der Waals surface area contributed by atoms with Crippen LogP contribution in [-0.2, 0) is 0 Å². The van der Waals surface area contributed by atoms with Crippen molar-refractivity contribution in [2.45, 2.75) is 0 Å². The second-order valence-electron chi connectivity index (χ2n) is 3.88. The van der Waals surface area contributed by atoms with Crippen LogP contribution in [0.5, 0.6) is 0 Å². The molecule has 0 spiro atoms. The van der Waals surface area contributed by atoms with Crippen molar-refractivity contribution >= 4 is 17.7 Å². The first kappa shape index (κ1) is 15.6. The van der Waals surface area contributed by atoms with Crippen LogP contribution in [0.15, 0.2) is 30.9 Å². The van der Waals surface area contributed by atoms with Gasteiger partial charge < -0.3 is 20.4 Å². The summed E-state index contributed by atoms with van der Waals surface area (Å²) in [6.07, 6.45) is 1.46. The number of carbonyl (C=O) groups excluding carboxylic acids is 1. The maximum Gasteiger partial charge on any atom is 0.337 e. The Balaban J connectivity index is 2.96. The first-order chi connectivity index (χ1) is 9.49. The maximum atomic E-state index is 13.1. The third kappa shape index (κ3) is 4.06. The predicted octanol–water partition coefficient (Wildman–Crippen LogP) is 1.54. The maximum absolute atomic E-state index is 13.1. The highest BCUT2D eigenvalue weighted by molar-refractivity contribution is 6.00. The lowest BCUT2D eigenvalue weighted by atomic mass is 10.2. The van der Waals surface area contributed by atoms with Crippen LogP contribution in [0.25, 0.3) is 0 Å². The van der Waals surface area contributed by atoms with Crippen molar-refractivity contribution < 1.29 is 24.2 Å². The van der Waals surface area contributed by atoms with Crippen molar-refractivity contribution in [1.82, 2.24) is 4.90 Å². The van der Waals surface area contributed by atoms with Gasteiger partial charge >= 0.3 is 12.0 Å². The number of nitrogens with one attached hydrogen (secondary N) is 1. The molecule has 0 unspecified atom stereocenters. The Hall–Kier alpha value is -2.41. The van der Waals surface area contributed by atoms with Crippen LogP contribution >= 0.6 is 0 Å². The van der Waals surface area contributed by atoms with Crippen LogP contribution in [0.2, 0.25) is 0 Å². The van der Waals surface area contributed by atoms with Crippen LogP contribution < -0.4 is 5.32 Å². The first-order valence-corrected chi connectivity index (χ1v) is 5.80. The molecule has 0 aromatic heterocycles. The molecule has 1 aromatic carbocycles. The van der Waals surface area contributed by atoms with Crippen molar-refractivity contribution in [3.05, 3.63) is 42.2 Å². The molecular weight excluding hydrogens is 267 g/mol.